The monoisotopic (exact) mass is 280 g/mol. The van der Waals surface area contributed by atoms with E-state index in [-0.39, 0.29) is 23.7 Å². The molecule has 2 heterocycles. The molecule has 1 saturated heterocycles. The summed E-state index contributed by atoms with van der Waals surface area (Å²) in [6.45, 7) is 9.15. The number of carbonyl (C=O) groups excluding carboxylic acids is 1. The minimum atomic E-state index is -0.396. The third-order valence-corrected chi connectivity index (χ3v) is 3.85. The first-order chi connectivity index (χ1) is 9.40. The topological polar surface area (TPSA) is 66.6 Å². The van der Waals surface area contributed by atoms with E-state index < -0.39 is 6.10 Å². The highest BCUT2D eigenvalue weighted by Gasteiger charge is 2.35. The van der Waals surface area contributed by atoms with Gasteiger partial charge in [0, 0.05) is 19.2 Å². The van der Waals surface area contributed by atoms with Crippen molar-refractivity contribution in [3.05, 3.63) is 17.5 Å². The van der Waals surface area contributed by atoms with Gasteiger partial charge in [-0.3, -0.25) is 4.79 Å². The summed E-state index contributed by atoms with van der Waals surface area (Å²) in [6, 6.07) is 1.89. The molecule has 0 aliphatic carbocycles. The maximum absolute atomic E-state index is 12.6. The Morgan fingerprint density at radius 3 is 2.60 bits per heavy atom. The first kappa shape index (κ1) is 15.0. The Bertz CT molecular complexity index is 467. The number of hydrogen-bond donors (Lipinski definition) is 1. The molecule has 2 atom stereocenters. The van der Waals surface area contributed by atoms with Gasteiger partial charge in [0.05, 0.1) is 11.8 Å². The summed E-state index contributed by atoms with van der Waals surface area (Å²) < 4.78 is 5.40. The molecule has 5 nitrogen and oxygen atoms in total. The third kappa shape index (κ3) is 3.03. The quantitative estimate of drug-likeness (QED) is 0.917. The van der Waals surface area contributed by atoms with Crippen molar-refractivity contribution in [2.75, 3.05) is 13.1 Å². The second-order valence-corrected chi connectivity index (χ2v) is 6.26. The molecule has 0 saturated carbocycles. The zero-order chi connectivity index (χ0) is 14.9. The Morgan fingerprint density at radius 2 is 2.15 bits per heavy atom. The van der Waals surface area contributed by atoms with Gasteiger partial charge in [-0.05, 0) is 18.3 Å². The highest BCUT2D eigenvalue weighted by molar-refractivity contribution is 5.83. The predicted octanol–water partition coefficient (Wildman–Crippen LogP) is 2.13. The van der Waals surface area contributed by atoms with Crippen molar-refractivity contribution in [2.24, 2.45) is 5.92 Å². The van der Waals surface area contributed by atoms with Gasteiger partial charge in [-0.1, -0.05) is 32.9 Å². The Morgan fingerprint density at radius 1 is 1.45 bits per heavy atom. The Hall–Kier alpha value is -1.36. The van der Waals surface area contributed by atoms with Gasteiger partial charge < -0.3 is 14.5 Å². The number of aromatic nitrogens is 1. The van der Waals surface area contributed by atoms with Crippen LogP contribution in [0.15, 0.2) is 10.6 Å². The van der Waals surface area contributed by atoms with Crippen molar-refractivity contribution < 1.29 is 14.4 Å². The maximum Gasteiger partial charge on any atom is 0.233 e. The highest BCUT2D eigenvalue weighted by atomic mass is 16.5. The Kier molecular flexibility index (Phi) is 4.48. The molecule has 1 fully saturated rings. The van der Waals surface area contributed by atoms with Crippen molar-refractivity contribution in [1.29, 1.82) is 0 Å². The largest absolute Gasteiger partial charge is 0.391 e. The van der Waals surface area contributed by atoms with Crippen molar-refractivity contribution in [2.45, 2.75) is 52.1 Å². The van der Waals surface area contributed by atoms with Crippen LogP contribution in [0.4, 0.5) is 0 Å². The molecule has 2 unspecified atom stereocenters. The summed E-state index contributed by atoms with van der Waals surface area (Å²) in [5.41, 5.74) is 0.875. The van der Waals surface area contributed by atoms with Crippen LogP contribution in [0.25, 0.3) is 0 Å². The van der Waals surface area contributed by atoms with Crippen LogP contribution in [0, 0.1) is 5.92 Å². The van der Waals surface area contributed by atoms with E-state index in [1.54, 1.807) is 4.90 Å². The molecule has 20 heavy (non-hydrogen) atoms. The molecule has 0 radical (unpaired) electrons. The van der Waals surface area contributed by atoms with Crippen molar-refractivity contribution in [3.8, 4) is 0 Å². The lowest BCUT2D eigenvalue weighted by Gasteiger charge is -2.23. The minimum absolute atomic E-state index is 0.0306. The van der Waals surface area contributed by atoms with Crippen LogP contribution in [0.1, 0.15) is 57.4 Å². The summed E-state index contributed by atoms with van der Waals surface area (Å²) in [5, 5.41) is 13.6. The van der Waals surface area contributed by atoms with Crippen LogP contribution in [-0.2, 0) is 4.79 Å². The summed E-state index contributed by atoms with van der Waals surface area (Å²) in [4.78, 5) is 14.4. The van der Waals surface area contributed by atoms with E-state index in [1.807, 2.05) is 33.8 Å². The zero-order valence-electron chi connectivity index (χ0n) is 12.7. The molecule has 1 aromatic heterocycles. The number of aliphatic hydroxyl groups excluding tert-OH is 1. The second kappa shape index (κ2) is 5.95. The number of β-amino-alcohol motifs (C(OH)–C–C–N with tert-alkyl or cyclic N) is 1. The molecule has 1 amide bonds. The van der Waals surface area contributed by atoms with Gasteiger partial charge in [0.1, 0.15) is 11.7 Å². The number of rotatable bonds is 4. The van der Waals surface area contributed by atoms with Gasteiger partial charge in [-0.25, -0.2) is 0 Å². The minimum Gasteiger partial charge on any atom is -0.391 e. The van der Waals surface area contributed by atoms with Crippen molar-refractivity contribution >= 4 is 5.91 Å². The summed E-state index contributed by atoms with van der Waals surface area (Å²) >= 11 is 0. The second-order valence-electron chi connectivity index (χ2n) is 6.26. The number of amides is 1. The normalized spacial score (nSPS) is 20.9. The molecule has 1 aromatic rings. The standard InChI is InChI=1S/C15H24N2O3/c1-9(2)12-7-13(20-16-12)14(10(3)4)15(19)17-6-5-11(18)8-17/h7,9-11,14,18H,5-6,8H2,1-4H3. The fourth-order valence-electron chi connectivity index (χ4n) is 2.60. The predicted molar refractivity (Wildman–Crippen MR) is 75.4 cm³/mol. The summed E-state index contributed by atoms with van der Waals surface area (Å²) in [5.74, 6) is 0.760. The molecule has 112 valence electrons. The molecule has 0 bridgehead atoms. The van der Waals surface area contributed by atoms with E-state index in [4.69, 9.17) is 4.52 Å². The number of hydrogen-bond acceptors (Lipinski definition) is 4. The van der Waals surface area contributed by atoms with Crippen LogP contribution < -0.4 is 0 Å². The molecule has 1 aliphatic heterocycles. The SMILES string of the molecule is CC(C)c1cc(C(C(=O)N2CCC(O)C2)C(C)C)on1. The number of likely N-dealkylation sites (tertiary alicyclic amines) is 1. The molecule has 0 aromatic carbocycles. The van der Waals surface area contributed by atoms with Crippen LogP contribution in [0.3, 0.4) is 0 Å². The van der Waals surface area contributed by atoms with Crippen LogP contribution in [0.5, 0.6) is 0 Å². The van der Waals surface area contributed by atoms with Gasteiger partial charge in [-0.2, -0.15) is 0 Å². The number of nitrogens with zero attached hydrogens (tertiary/aromatic N) is 2. The smallest absolute Gasteiger partial charge is 0.233 e. The Balaban J connectivity index is 2.19. The van der Waals surface area contributed by atoms with E-state index in [9.17, 15) is 9.90 Å². The van der Waals surface area contributed by atoms with Crippen LogP contribution >= 0.6 is 0 Å². The molecular weight excluding hydrogens is 256 g/mol. The average molecular weight is 280 g/mol. The van der Waals surface area contributed by atoms with E-state index in [2.05, 4.69) is 5.16 Å². The lowest BCUT2D eigenvalue weighted by molar-refractivity contribution is -0.133. The van der Waals surface area contributed by atoms with E-state index in [0.717, 1.165) is 5.69 Å². The highest BCUT2D eigenvalue weighted by Crippen LogP contribution is 2.30. The zero-order valence-corrected chi connectivity index (χ0v) is 12.7. The molecule has 1 N–H and O–H groups in total. The third-order valence-electron chi connectivity index (χ3n) is 3.85. The molecule has 2 rings (SSSR count). The fraction of sp³-hybridized carbons (Fsp3) is 0.733. The first-order valence-electron chi connectivity index (χ1n) is 7.33. The molecular formula is C15H24N2O3. The van der Waals surface area contributed by atoms with Gasteiger partial charge in [0.2, 0.25) is 5.91 Å². The van der Waals surface area contributed by atoms with Crippen molar-refractivity contribution in [1.82, 2.24) is 10.1 Å². The summed E-state index contributed by atoms with van der Waals surface area (Å²) in [6.07, 6.45) is 0.261. The van der Waals surface area contributed by atoms with Crippen molar-refractivity contribution in [3.63, 3.8) is 0 Å². The molecule has 5 heteroatoms. The number of carbonyl (C=O) groups is 1. The lowest BCUT2D eigenvalue weighted by Crippen LogP contribution is -2.35. The molecule has 1 aliphatic rings. The maximum atomic E-state index is 12.6. The summed E-state index contributed by atoms with van der Waals surface area (Å²) in [7, 11) is 0. The Labute approximate surface area is 119 Å². The van der Waals surface area contributed by atoms with Crippen LogP contribution in [0.2, 0.25) is 0 Å². The molecule has 0 spiro atoms. The van der Waals surface area contributed by atoms with Gasteiger partial charge in [0.15, 0.2) is 0 Å². The van der Waals surface area contributed by atoms with E-state index >= 15 is 0 Å². The van der Waals surface area contributed by atoms with Crippen LogP contribution in [-0.4, -0.2) is 40.3 Å². The average Bonchev–Trinajstić information content (AvgIpc) is 2.97. The van der Waals surface area contributed by atoms with Gasteiger partial charge >= 0.3 is 0 Å². The van der Waals surface area contributed by atoms with E-state index in [0.29, 0.717) is 25.3 Å². The van der Waals surface area contributed by atoms with E-state index in [1.165, 1.54) is 0 Å². The van der Waals surface area contributed by atoms with Gasteiger partial charge in [0.25, 0.3) is 0 Å². The lowest BCUT2D eigenvalue weighted by atomic mass is 9.91. The fourth-order valence-corrected chi connectivity index (χ4v) is 2.60. The number of aliphatic hydroxyl groups is 1. The first-order valence-corrected chi connectivity index (χ1v) is 7.33. The van der Waals surface area contributed by atoms with Gasteiger partial charge in [-0.15, -0.1) is 0 Å².